The van der Waals surface area contributed by atoms with E-state index in [1.54, 1.807) is 12.1 Å². The van der Waals surface area contributed by atoms with E-state index in [-0.39, 0.29) is 27.4 Å². The highest BCUT2D eigenvalue weighted by molar-refractivity contribution is 6.01. The van der Waals surface area contributed by atoms with Gasteiger partial charge in [0.1, 0.15) is 11.6 Å². The molecule has 2 aromatic heterocycles. The molecule has 9 aromatic rings. The number of hydrogen-bond donors (Lipinski definition) is 1. The molecule has 0 atom stereocenters. The molecular formula is C64H63N3O. The minimum atomic E-state index is -2.18. The molecule has 4 nitrogen and oxygen atoms in total. The number of aromatic nitrogens is 3. The molecule has 10 rings (SSSR count). The van der Waals surface area contributed by atoms with Crippen molar-refractivity contribution in [1.82, 2.24) is 14.5 Å². The number of hydrogen-bond acceptors (Lipinski definition) is 3. The van der Waals surface area contributed by atoms with E-state index in [1.807, 2.05) is 24.4 Å². The molecule has 4 heteroatoms. The third-order valence-electron chi connectivity index (χ3n) is 14.1. The van der Waals surface area contributed by atoms with E-state index in [9.17, 15) is 5.11 Å². The second-order valence-corrected chi connectivity index (χ2v) is 22.3. The van der Waals surface area contributed by atoms with Crippen molar-refractivity contribution < 1.29 is 9.22 Å². The van der Waals surface area contributed by atoms with Gasteiger partial charge in [-0.3, -0.25) is 9.55 Å². The number of nitrogens with zero attached hydrogens (tertiary/aromatic N) is 3. The molecule has 340 valence electrons. The molecule has 0 spiro atoms. The van der Waals surface area contributed by atoms with Crippen molar-refractivity contribution in [2.75, 3.05) is 0 Å². The Kier molecular flexibility index (Phi) is 9.72. The standard InChI is InChI=1S/C64H63N3O/c1-39-25-27-40(28-26-39)42-31-32-65-54(35-42)43-33-49-46-21-16-17-23-52(46)64(11,12)57(49)50(34-43)47-22-18-24-56-58(47)66-60(51-37-45(62(5,6)7)38-53(59(51)68)63(8,9)10)67(56)55-30-29-44(61(2,3)4)36-48(55)41-19-14-13-15-20-41/h13-38,68H,1-12H3/i1D3. The summed E-state index contributed by atoms with van der Waals surface area (Å²) in [5.74, 6) is 0.895. The molecule has 1 aliphatic carbocycles. The maximum Gasteiger partial charge on any atom is 0.149 e. The van der Waals surface area contributed by atoms with Crippen molar-refractivity contribution >= 4 is 11.0 Å². The Morgan fingerprint density at radius 3 is 1.88 bits per heavy atom. The van der Waals surface area contributed by atoms with Gasteiger partial charge in [0.25, 0.3) is 0 Å². The molecule has 1 N–H and O–H groups in total. The fraction of sp³-hybridized carbons (Fsp3) is 0.250. The molecule has 0 unspecified atom stereocenters. The van der Waals surface area contributed by atoms with Gasteiger partial charge in [0.2, 0.25) is 0 Å². The fourth-order valence-corrected chi connectivity index (χ4v) is 10.3. The highest BCUT2D eigenvalue weighted by Crippen LogP contribution is 2.55. The Morgan fingerprint density at radius 1 is 0.529 bits per heavy atom. The monoisotopic (exact) mass is 893 g/mol. The van der Waals surface area contributed by atoms with E-state index in [0.29, 0.717) is 17.0 Å². The highest BCUT2D eigenvalue weighted by Gasteiger charge is 2.39. The van der Waals surface area contributed by atoms with Crippen LogP contribution in [0.25, 0.3) is 83.9 Å². The van der Waals surface area contributed by atoms with Crippen molar-refractivity contribution in [3.63, 3.8) is 0 Å². The molecule has 0 aliphatic heterocycles. The zero-order valence-electron chi connectivity index (χ0n) is 44.3. The summed E-state index contributed by atoms with van der Waals surface area (Å²) in [5, 5.41) is 12.7. The molecule has 0 saturated carbocycles. The topological polar surface area (TPSA) is 50.9 Å². The van der Waals surface area contributed by atoms with E-state index < -0.39 is 6.85 Å². The van der Waals surface area contributed by atoms with E-state index in [4.69, 9.17) is 14.1 Å². The summed E-state index contributed by atoms with van der Waals surface area (Å²) in [5.41, 5.74) is 18.5. The SMILES string of the molecule is [2H]C([2H])([2H])c1ccc(-c2ccnc(-c3cc4c(c(-c5cccc6c5nc(-c5cc(C(C)(C)C)cc(C(C)(C)C)c5O)n6-c5ccc(C(C)(C)C)cc5-c5ccccc5)c3)C(C)(C)c3ccccc3-4)c2)cc1. The van der Waals surface area contributed by atoms with Crippen LogP contribution in [-0.4, -0.2) is 19.6 Å². The minimum Gasteiger partial charge on any atom is -0.507 e. The van der Waals surface area contributed by atoms with Gasteiger partial charge >= 0.3 is 0 Å². The molecule has 7 aromatic carbocycles. The fourth-order valence-electron chi connectivity index (χ4n) is 10.3. The van der Waals surface area contributed by atoms with Crippen LogP contribution in [0.3, 0.4) is 0 Å². The van der Waals surface area contributed by atoms with E-state index in [1.165, 1.54) is 22.3 Å². The van der Waals surface area contributed by atoms with Crippen molar-refractivity contribution in [3.8, 4) is 78.6 Å². The Bertz CT molecular complexity index is 3540. The van der Waals surface area contributed by atoms with E-state index in [0.717, 1.165) is 78.0 Å². The first-order valence-corrected chi connectivity index (χ1v) is 23.9. The van der Waals surface area contributed by atoms with Gasteiger partial charge in [-0.25, -0.2) is 4.98 Å². The Hall–Kier alpha value is -7.04. The van der Waals surface area contributed by atoms with E-state index in [2.05, 4.69) is 202 Å². The van der Waals surface area contributed by atoms with Gasteiger partial charge in [-0.15, -0.1) is 0 Å². The number of phenolic OH excluding ortho intramolecular Hbond substituents is 1. The van der Waals surface area contributed by atoms with Crippen molar-refractivity contribution in [2.45, 2.75) is 105 Å². The number of fused-ring (bicyclic) bond motifs is 4. The number of aryl methyl sites for hydroxylation is 1. The Balaban J connectivity index is 1.30. The second-order valence-electron chi connectivity index (χ2n) is 22.3. The number of benzene rings is 7. The lowest BCUT2D eigenvalue weighted by Gasteiger charge is -2.28. The summed E-state index contributed by atoms with van der Waals surface area (Å²) in [7, 11) is 0. The van der Waals surface area contributed by atoms with Crippen LogP contribution < -0.4 is 0 Å². The van der Waals surface area contributed by atoms with Gasteiger partial charge in [-0.2, -0.15) is 0 Å². The molecule has 0 amide bonds. The zero-order chi connectivity index (χ0) is 50.6. The quantitative estimate of drug-likeness (QED) is 0.181. The maximum atomic E-state index is 12.7. The van der Waals surface area contributed by atoms with Crippen LogP contribution in [0.1, 0.15) is 114 Å². The Morgan fingerprint density at radius 2 is 1.19 bits per heavy atom. The lowest BCUT2D eigenvalue weighted by atomic mass is 9.78. The molecule has 68 heavy (non-hydrogen) atoms. The third-order valence-corrected chi connectivity index (χ3v) is 14.1. The van der Waals surface area contributed by atoms with Gasteiger partial charge in [0.15, 0.2) is 0 Å². The summed E-state index contributed by atoms with van der Waals surface area (Å²) < 4.78 is 26.1. The summed E-state index contributed by atoms with van der Waals surface area (Å²) in [6.07, 6.45) is 1.83. The van der Waals surface area contributed by atoms with Gasteiger partial charge in [-0.05, 0) is 127 Å². The number of phenols is 1. The normalized spacial score (nSPS) is 14.3. The van der Waals surface area contributed by atoms with Crippen LogP contribution in [0.15, 0.2) is 158 Å². The first-order valence-electron chi connectivity index (χ1n) is 25.4. The average molecular weight is 893 g/mol. The zero-order valence-corrected chi connectivity index (χ0v) is 41.3. The lowest BCUT2D eigenvalue weighted by molar-refractivity contribution is 0.446. The number of aromatic hydroxyl groups is 1. The number of para-hydroxylation sites is 1. The van der Waals surface area contributed by atoms with Crippen LogP contribution in [0, 0.1) is 6.85 Å². The van der Waals surface area contributed by atoms with Crippen LogP contribution in [0.4, 0.5) is 0 Å². The van der Waals surface area contributed by atoms with Crippen molar-refractivity contribution in [2.24, 2.45) is 0 Å². The highest BCUT2D eigenvalue weighted by atomic mass is 16.3. The van der Waals surface area contributed by atoms with Crippen LogP contribution >= 0.6 is 0 Å². The van der Waals surface area contributed by atoms with Crippen LogP contribution in [0.5, 0.6) is 5.75 Å². The summed E-state index contributed by atoms with van der Waals surface area (Å²) >= 11 is 0. The number of imidazole rings is 1. The summed E-state index contributed by atoms with van der Waals surface area (Å²) in [4.78, 5) is 10.8. The van der Waals surface area contributed by atoms with Gasteiger partial charge < -0.3 is 5.11 Å². The lowest BCUT2D eigenvalue weighted by Crippen LogP contribution is -2.17. The number of rotatable bonds is 6. The molecule has 1 aliphatic rings. The molecule has 2 heterocycles. The minimum absolute atomic E-state index is 0.107. The van der Waals surface area contributed by atoms with Crippen molar-refractivity contribution in [1.29, 1.82) is 0 Å². The molecule has 0 bridgehead atoms. The van der Waals surface area contributed by atoms with Crippen LogP contribution in [0.2, 0.25) is 0 Å². The Labute approximate surface area is 407 Å². The molecular weight excluding hydrogens is 827 g/mol. The first-order chi connectivity index (χ1) is 33.4. The average Bonchev–Trinajstić information content (AvgIpc) is 3.82. The largest absolute Gasteiger partial charge is 0.507 e. The number of pyridine rings is 1. The third kappa shape index (κ3) is 7.65. The predicted molar refractivity (Wildman–Crippen MR) is 286 cm³/mol. The molecule has 0 saturated heterocycles. The van der Waals surface area contributed by atoms with E-state index >= 15 is 0 Å². The van der Waals surface area contributed by atoms with Gasteiger partial charge in [0.05, 0.1) is 28.0 Å². The van der Waals surface area contributed by atoms with Gasteiger partial charge in [-0.1, -0.05) is 185 Å². The first kappa shape index (κ1) is 41.2. The molecule has 0 fully saturated rings. The van der Waals surface area contributed by atoms with Crippen molar-refractivity contribution in [3.05, 3.63) is 191 Å². The predicted octanol–water partition coefficient (Wildman–Crippen LogP) is 17.0. The second kappa shape index (κ2) is 16.0. The summed E-state index contributed by atoms with van der Waals surface area (Å²) in [6, 6.07) is 52.7. The summed E-state index contributed by atoms with van der Waals surface area (Å²) in [6.45, 7) is 22.4. The smallest absolute Gasteiger partial charge is 0.149 e. The van der Waals surface area contributed by atoms with Gasteiger partial charge in [0, 0.05) is 38.0 Å². The van der Waals surface area contributed by atoms with Crippen LogP contribution in [-0.2, 0) is 21.7 Å². The maximum absolute atomic E-state index is 12.7. The molecule has 0 radical (unpaired) electrons.